The van der Waals surface area contributed by atoms with Crippen molar-refractivity contribution in [3.63, 3.8) is 0 Å². The van der Waals surface area contributed by atoms with Crippen LogP contribution in [0, 0.1) is 0 Å². The second kappa shape index (κ2) is 11.7. The topological polar surface area (TPSA) is 77.4 Å². The third-order valence-electron chi connectivity index (χ3n) is 3.47. The first-order valence-electron chi connectivity index (χ1n) is 7.58. The van der Waals surface area contributed by atoms with E-state index >= 15 is 0 Å². The summed E-state index contributed by atoms with van der Waals surface area (Å²) in [6.45, 7) is 2.27. The fourth-order valence-corrected chi connectivity index (χ4v) is 3.14. The van der Waals surface area contributed by atoms with Gasteiger partial charge in [-0.3, -0.25) is 0 Å². The van der Waals surface area contributed by atoms with Gasteiger partial charge in [0.2, 0.25) is 0 Å². The first-order chi connectivity index (χ1) is 9.02. The molecule has 5 heteroatoms. The summed E-state index contributed by atoms with van der Waals surface area (Å²) in [5.41, 5.74) is 0. The van der Waals surface area contributed by atoms with Crippen LogP contribution in [0.2, 0.25) is 0 Å². The Kier molecular flexibility index (Phi) is 11.6. The van der Waals surface area contributed by atoms with Gasteiger partial charge in [-0.1, -0.05) is 58.3 Å². The molecule has 0 radical (unpaired) electrons. The molecule has 0 bridgehead atoms. The summed E-state index contributed by atoms with van der Waals surface area (Å²) < 4.78 is 33.3. The molecule has 1 atom stereocenters. The highest BCUT2D eigenvalue weighted by atomic mass is 32.2. The van der Waals surface area contributed by atoms with Gasteiger partial charge in [0.05, 0.1) is 10.1 Å². The van der Waals surface area contributed by atoms with Crippen molar-refractivity contribution in [2.75, 3.05) is 6.61 Å². The average molecular weight is 293 g/mol. The fraction of sp³-hybridized carbons (Fsp3) is 1.00. The molecule has 0 aliphatic rings. The van der Waals surface area contributed by atoms with Gasteiger partial charge in [0.25, 0.3) is 0 Å². The quantitative estimate of drug-likeness (QED) is 0.418. The van der Waals surface area contributed by atoms with E-state index in [1.165, 1.54) is 0 Å². The van der Waals surface area contributed by atoms with E-state index in [9.17, 15) is 13.0 Å². The number of rotatable bonds is 13. The van der Waals surface area contributed by atoms with Crippen LogP contribution >= 0.6 is 0 Å². The Morgan fingerprint density at radius 3 is 1.84 bits per heavy atom. The van der Waals surface area contributed by atoms with Gasteiger partial charge in [-0.05, 0) is 19.3 Å². The summed E-state index contributed by atoms with van der Waals surface area (Å²) in [6.07, 6.45) is 9.87. The zero-order valence-corrected chi connectivity index (χ0v) is 13.0. The zero-order chi connectivity index (χ0) is 14.6. The highest BCUT2D eigenvalue weighted by Gasteiger charge is 2.14. The van der Waals surface area contributed by atoms with Crippen LogP contribution in [0.1, 0.15) is 77.6 Å². The van der Waals surface area contributed by atoms with E-state index in [4.69, 9.17) is 5.11 Å². The van der Waals surface area contributed by atoms with E-state index in [1.54, 1.807) is 0 Å². The van der Waals surface area contributed by atoms with E-state index in [0.29, 0.717) is 12.8 Å². The van der Waals surface area contributed by atoms with Crippen LogP contribution in [-0.2, 0) is 10.1 Å². The van der Waals surface area contributed by atoms with Crippen molar-refractivity contribution in [2.24, 2.45) is 0 Å². The number of aliphatic hydroxyl groups excluding tert-OH is 1. The van der Waals surface area contributed by atoms with Gasteiger partial charge in [-0.15, -0.1) is 0 Å². The lowest BCUT2D eigenvalue weighted by Gasteiger charge is -2.20. The molecule has 0 aromatic rings. The van der Waals surface area contributed by atoms with Crippen LogP contribution < -0.4 is 0 Å². The second-order valence-corrected chi connectivity index (χ2v) is 6.90. The summed E-state index contributed by atoms with van der Waals surface area (Å²) in [7, 11) is -4.12. The summed E-state index contributed by atoms with van der Waals surface area (Å²) in [5.74, 6) is 0. The predicted molar refractivity (Wildman–Crippen MR) is 77.0 cm³/mol. The van der Waals surface area contributed by atoms with Crippen molar-refractivity contribution in [3.05, 3.63) is 0 Å². The minimum absolute atomic E-state index is 0.264. The van der Waals surface area contributed by atoms with E-state index in [1.807, 2.05) is 6.92 Å². The van der Waals surface area contributed by atoms with Gasteiger partial charge in [-0.25, -0.2) is 8.42 Å². The maximum atomic E-state index is 11.1. The highest BCUT2D eigenvalue weighted by molar-refractivity contribution is 7.86. The van der Waals surface area contributed by atoms with Gasteiger partial charge in [-0.2, -0.15) is 0 Å². The number of aliphatic hydroxyl groups is 1. The molecule has 0 aliphatic carbocycles. The summed E-state index contributed by atoms with van der Waals surface area (Å²) in [6, 6.07) is 0. The molecule has 0 aromatic carbocycles. The molecular weight excluding hydrogens is 264 g/mol. The Morgan fingerprint density at radius 2 is 1.37 bits per heavy atom. The number of hydrogen-bond donors (Lipinski definition) is 1. The lowest BCUT2D eigenvalue weighted by atomic mass is 10.0. The first-order valence-corrected chi connectivity index (χ1v) is 9.05. The fourth-order valence-electron chi connectivity index (χ4n) is 2.23. The smallest absolute Gasteiger partial charge is 0.0975 e. The van der Waals surface area contributed by atoms with Crippen molar-refractivity contribution < 1.29 is 18.1 Å². The Balaban J connectivity index is 3.64. The van der Waals surface area contributed by atoms with E-state index < -0.39 is 15.4 Å². The summed E-state index contributed by atoms with van der Waals surface area (Å²) in [4.78, 5) is 0. The molecular formula is C14H29O4S-. The second-order valence-electron chi connectivity index (χ2n) is 5.24. The van der Waals surface area contributed by atoms with Gasteiger partial charge in [0.1, 0.15) is 0 Å². The van der Waals surface area contributed by atoms with E-state index in [0.717, 1.165) is 57.8 Å². The van der Waals surface area contributed by atoms with Crippen molar-refractivity contribution >= 4 is 10.1 Å². The van der Waals surface area contributed by atoms with Gasteiger partial charge in [0.15, 0.2) is 0 Å². The zero-order valence-electron chi connectivity index (χ0n) is 12.1. The Hall–Kier alpha value is -0.130. The van der Waals surface area contributed by atoms with Crippen molar-refractivity contribution in [3.8, 4) is 0 Å². The Labute approximate surface area is 118 Å². The maximum Gasteiger partial charge on any atom is 0.0975 e. The summed E-state index contributed by atoms with van der Waals surface area (Å²) >= 11 is 0. The lowest BCUT2D eigenvalue weighted by Crippen LogP contribution is -2.20. The van der Waals surface area contributed by atoms with E-state index in [2.05, 4.69) is 0 Å². The number of unbranched alkanes of at least 4 members (excludes halogenated alkanes) is 7. The first kappa shape index (κ1) is 18.9. The van der Waals surface area contributed by atoms with Crippen LogP contribution in [0.3, 0.4) is 0 Å². The minimum atomic E-state index is -4.12. The normalized spacial score (nSPS) is 13.6. The average Bonchev–Trinajstić information content (AvgIpc) is 2.34. The highest BCUT2D eigenvalue weighted by Crippen LogP contribution is 2.17. The standard InChI is InChI=1S/C14H30O4S/c1-2-3-11-14(19(16,17)18)12-9-7-5-4-6-8-10-13-15/h14-15H,2-13H2,1H3,(H,16,17,18)/p-1. The molecule has 116 valence electrons. The lowest BCUT2D eigenvalue weighted by molar-refractivity contribution is 0.282. The van der Waals surface area contributed by atoms with Crippen molar-refractivity contribution in [2.45, 2.75) is 82.8 Å². The van der Waals surface area contributed by atoms with Crippen LogP contribution in [0.4, 0.5) is 0 Å². The molecule has 0 fully saturated rings. The van der Waals surface area contributed by atoms with Crippen LogP contribution in [0.25, 0.3) is 0 Å². The molecule has 0 saturated heterocycles. The Morgan fingerprint density at radius 1 is 0.895 bits per heavy atom. The number of hydrogen-bond acceptors (Lipinski definition) is 4. The van der Waals surface area contributed by atoms with Gasteiger partial charge >= 0.3 is 0 Å². The molecule has 19 heavy (non-hydrogen) atoms. The van der Waals surface area contributed by atoms with Crippen molar-refractivity contribution in [1.29, 1.82) is 0 Å². The SMILES string of the molecule is CCCCC(CCCCCCCCCO)S(=O)(=O)[O-]. The molecule has 0 amide bonds. The van der Waals surface area contributed by atoms with Gasteiger partial charge in [0, 0.05) is 11.9 Å². The maximum absolute atomic E-state index is 11.1. The molecule has 4 nitrogen and oxygen atoms in total. The molecule has 1 N–H and O–H groups in total. The van der Waals surface area contributed by atoms with Crippen LogP contribution in [0.15, 0.2) is 0 Å². The molecule has 0 heterocycles. The van der Waals surface area contributed by atoms with Crippen molar-refractivity contribution in [1.82, 2.24) is 0 Å². The Bertz CT molecular complexity index is 288. The molecule has 1 unspecified atom stereocenters. The van der Waals surface area contributed by atoms with Crippen LogP contribution in [0.5, 0.6) is 0 Å². The molecule has 0 spiro atoms. The summed E-state index contributed by atoms with van der Waals surface area (Å²) in [5, 5.41) is 7.95. The third kappa shape index (κ3) is 11.4. The molecule has 0 aromatic heterocycles. The molecule has 0 aliphatic heterocycles. The minimum Gasteiger partial charge on any atom is -0.748 e. The largest absolute Gasteiger partial charge is 0.748 e. The van der Waals surface area contributed by atoms with E-state index in [-0.39, 0.29) is 6.61 Å². The third-order valence-corrected chi connectivity index (χ3v) is 4.76. The predicted octanol–water partition coefficient (Wildman–Crippen LogP) is 3.20. The molecule has 0 rings (SSSR count). The van der Waals surface area contributed by atoms with Gasteiger partial charge < -0.3 is 9.66 Å². The van der Waals surface area contributed by atoms with Crippen LogP contribution in [-0.4, -0.2) is 29.9 Å². The molecule has 0 saturated carbocycles. The monoisotopic (exact) mass is 293 g/mol.